The molecule has 2 rings (SSSR count). The maximum Gasteiger partial charge on any atom is 0.227 e. The number of fused-ring (bicyclic) bond motifs is 1. The van der Waals surface area contributed by atoms with Crippen molar-refractivity contribution in [1.29, 1.82) is 0 Å². The number of hydrogen-bond acceptors (Lipinski definition) is 1. The highest BCUT2D eigenvalue weighted by atomic mass is 79.9. The van der Waals surface area contributed by atoms with Crippen molar-refractivity contribution in [3.8, 4) is 0 Å². The number of nitrogens with zero attached hydrogens (tertiary/aromatic N) is 1. The minimum atomic E-state index is 0.260. The normalized spacial score (nSPS) is 15.7. The van der Waals surface area contributed by atoms with Gasteiger partial charge in [-0.2, -0.15) is 0 Å². The van der Waals surface area contributed by atoms with E-state index in [9.17, 15) is 4.79 Å². The molecule has 1 unspecified atom stereocenters. The van der Waals surface area contributed by atoms with Gasteiger partial charge in [-0.1, -0.05) is 48.8 Å². The molecule has 0 aromatic heterocycles. The molecule has 1 heterocycles. The van der Waals surface area contributed by atoms with Gasteiger partial charge in [0.05, 0.1) is 0 Å². The molecule has 1 atom stereocenters. The second-order valence-corrected chi connectivity index (χ2v) is 7.40. The highest BCUT2D eigenvalue weighted by Gasteiger charge is 2.24. The van der Waals surface area contributed by atoms with Crippen LogP contribution in [0.3, 0.4) is 0 Å². The quantitative estimate of drug-likeness (QED) is 0.768. The number of benzene rings is 1. The van der Waals surface area contributed by atoms with E-state index >= 15 is 0 Å². The number of alkyl halides is 1. The number of halogens is 1. The first-order valence-corrected chi connectivity index (χ1v) is 7.95. The fraction of sp³-hybridized carbons (Fsp3) is 0.562. The molecule has 0 saturated heterocycles. The smallest absolute Gasteiger partial charge is 0.227 e. The van der Waals surface area contributed by atoms with Crippen LogP contribution in [0.1, 0.15) is 38.3 Å². The summed E-state index contributed by atoms with van der Waals surface area (Å²) < 4.78 is 0. The van der Waals surface area contributed by atoms with Crippen molar-refractivity contribution in [1.82, 2.24) is 0 Å². The molecular formula is C16H22BrNO. The van der Waals surface area contributed by atoms with E-state index in [0.717, 1.165) is 25.1 Å². The lowest BCUT2D eigenvalue weighted by molar-refractivity contribution is -0.119. The monoisotopic (exact) mass is 323 g/mol. The van der Waals surface area contributed by atoms with Gasteiger partial charge in [0.2, 0.25) is 5.91 Å². The summed E-state index contributed by atoms with van der Waals surface area (Å²) in [6.45, 7) is 7.19. The van der Waals surface area contributed by atoms with Crippen LogP contribution >= 0.6 is 15.9 Å². The highest BCUT2D eigenvalue weighted by Crippen LogP contribution is 2.30. The van der Waals surface area contributed by atoms with Gasteiger partial charge in [0.1, 0.15) is 0 Å². The zero-order chi connectivity index (χ0) is 14.0. The summed E-state index contributed by atoms with van der Waals surface area (Å²) in [4.78, 5) is 14.6. The second kappa shape index (κ2) is 6.08. The lowest BCUT2D eigenvalue weighted by Gasteiger charge is -2.18. The van der Waals surface area contributed by atoms with E-state index in [0.29, 0.717) is 17.2 Å². The molecule has 2 nitrogen and oxygen atoms in total. The largest absolute Gasteiger partial charge is 0.312 e. The van der Waals surface area contributed by atoms with Crippen molar-refractivity contribution in [2.24, 2.45) is 5.92 Å². The first-order chi connectivity index (χ1) is 8.97. The Morgan fingerprint density at radius 2 is 2.11 bits per heavy atom. The molecule has 1 aliphatic rings. The van der Waals surface area contributed by atoms with Crippen LogP contribution in [-0.4, -0.2) is 17.3 Å². The Bertz CT molecular complexity index is 468. The van der Waals surface area contributed by atoms with E-state index in [4.69, 9.17) is 0 Å². The molecule has 0 radical (unpaired) electrons. The standard InChI is InChI=1S/C16H22BrNO/c1-11(2)8-16(19)18-7-6-14-10-13(9-12(3)17)4-5-15(14)18/h4-5,10-12H,6-9H2,1-3H3. The maximum absolute atomic E-state index is 12.2. The summed E-state index contributed by atoms with van der Waals surface area (Å²) in [7, 11) is 0. The van der Waals surface area contributed by atoms with Gasteiger partial charge in [0, 0.05) is 23.5 Å². The summed E-state index contributed by atoms with van der Waals surface area (Å²) in [6, 6.07) is 6.53. The minimum Gasteiger partial charge on any atom is -0.312 e. The Morgan fingerprint density at radius 1 is 1.37 bits per heavy atom. The first kappa shape index (κ1) is 14.6. The molecule has 3 heteroatoms. The van der Waals surface area contributed by atoms with Crippen LogP contribution in [0.25, 0.3) is 0 Å². The van der Waals surface area contributed by atoms with Crippen molar-refractivity contribution in [2.75, 3.05) is 11.4 Å². The van der Waals surface area contributed by atoms with E-state index in [2.05, 4.69) is 54.9 Å². The van der Waals surface area contributed by atoms with Crippen LogP contribution in [0, 0.1) is 5.92 Å². The zero-order valence-corrected chi connectivity index (χ0v) is 13.5. The first-order valence-electron chi connectivity index (χ1n) is 7.03. The van der Waals surface area contributed by atoms with Gasteiger partial charge in [0.25, 0.3) is 0 Å². The molecule has 1 aromatic carbocycles. The van der Waals surface area contributed by atoms with Crippen LogP contribution in [-0.2, 0) is 17.6 Å². The summed E-state index contributed by atoms with van der Waals surface area (Å²) in [6.07, 6.45) is 2.66. The van der Waals surface area contributed by atoms with Crippen molar-refractivity contribution in [2.45, 2.75) is 44.9 Å². The molecular weight excluding hydrogens is 302 g/mol. The molecule has 19 heavy (non-hydrogen) atoms. The Morgan fingerprint density at radius 3 is 2.74 bits per heavy atom. The molecule has 1 aromatic rings. The van der Waals surface area contributed by atoms with Gasteiger partial charge in [-0.05, 0) is 36.0 Å². The third-order valence-corrected chi connectivity index (χ3v) is 3.76. The van der Waals surface area contributed by atoms with Crippen LogP contribution in [0.2, 0.25) is 0 Å². The zero-order valence-electron chi connectivity index (χ0n) is 11.9. The highest BCUT2D eigenvalue weighted by molar-refractivity contribution is 9.09. The number of amides is 1. The molecule has 0 fully saturated rings. The van der Waals surface area contributed by atoms with Crippen molar-refractivity contribution in [3.63, 3.8) is 0 Å². The van der Waals surface area contributed by atoms with E-state index in [1.807, 2.05) is 4.90 Å². The fourth-order valence-electron chi connectivity index (χ4n) is 2.63. The van der Waals surface area contributed by atoms with E-state index in [1.165, 1.54) is 11.1 Å². The number of rotatable bonds is 4. The van der Waals surface area contributed by atoms with E-state index in [-0.39, 0.29) is 5.91 Å². The van der Waals surface area contributed by atoms with Gasteiger partial charge in [-0.15, -0.1) is 0 Å². The van der Waals surface area contributed by atoms with E-state index in [1.54, 1.807) is 0 Å². The Labute approximate surface area is 124 Å². The Hall–Kier alpha value is -0.830. The van der Waals surface area contributed by atoms with Crippen LogP contribution in [0.15, 0.2) is 18.2 Å². The predicted octanol–water partition coefficient (Wildman–Crippen LogP) is 3.95. The number of anilines is 1. The van der Waals surface area contributed by atoms with Gasteiger partial charge < -0.3 is 4.90 Å². The number of hydrogen-bond donors (Lipinski definition) is 0. The predicted molar refractivity (Wildman–Crippen MR) is 84.0 cm³/mol. The van der Waals surface area contributed by atoms with Gasteiger partial charge in [-0.25, -0.2) is 0 Å². The van der Waals surface area contributed by atoms with Crippen molar-refractivity contribution < 1.29 is 4.79 Å². The van der Waals surface area contributed by atoms with Crippen molar-refractivity contribution in [3.05, 3.63) is 29.3 Å². The average Bonchev–Trinajstić information content (AvgIpc) is 2.70. The molecule has 0 spiro atoms. The second-order valence-electron chi connectivity index (χ2n) is 5.84. The summed E-state index contributed by atoms with van der Waals surface area (Å²) in [5.74, 6) is 0.681. The number of carbonyl (C=O) groups excluding carboxylic acids is 1. The molecule has 0 aliphatic carbocycles. The molecule has 1 aliphatic heterocycles. The molecule has 104 valence electrons. The Kier molecular flexibility index (Phi) is 4.67. The van der Waals surface area contributed by atoms with Crippen LogP contribution < -0.4 is 4.90 Å². The fourth-order valence-corrected chi connectivity index (χ4v) is 3.00. The van der Waals surface area contributed by atoms with Crippen LogP contribution in [0.5, 0.6) is 0 Å². The van der Waals surface area contributed by atoms with Gasteiger partial charge in [0.15, 0.2) is 0 Å². The van der Waals surface area contributed by atoms with Crippen molar-refractivity contribution >= 4 is 27.5 Å². The SMILES string of the molecule is CC(C)CC(=O)N1CCc2cc(CC(C)Br)ccc21. The van der Waals surface area contributed by atoms with Crippen LogP contribution in [0.4, 0.5) is 5.69 Å². The minimum absolute atomic E-state index is 0.260. The number of carbonyl (C=O) groups is 1. The topological polar surface area (TPSA) is 20.3 Å². The van der Waals surface area contributed by atoms with E-state index < -0.39 is 0 Å². The third-order valence-electron chi connectivity index (χ3n) is 3.44. The Balaban J connectivity index is 2.15. The molecule has 0 N–H and O–H groups in total. The summed E-state index contributed by atoms with van der Waals surface area (Å²) in [5, 5.41) is 0. The lowest BCUT2D eigenvalue weighted by Crippen LogP contribution is -2.29. The molecule has 0 bridgehead atoms. The third kappa shape index (κ3) is 3.59. The van der Waals surface area contributed by atoms with Gasteiger partial charge in [-0.3, -0.25) is 4.79 Å². The summed E-state index contributed by atoms with van der Waals surface area (Å²) in [5.41, 5.74) is 3.79. The van der Waals surface area contributed by atoms with Gasteiger partial charge >= 0.3 is 0 Å². The summed E-state index contributed by atoms with van der Waals surface area (Å²) >= 11 is 3.59. The lowest BCUT2D eigenvalue weighted by atomic mass is 10.0. The average molecular weight is 324 g/mol. The molecule has 1 amide bonds. The molecule has 0 saturated carbocycles. The maximum atomic E-state index is 12.2.